The fraction of sp³-hybridized carbons (Fsp3) is 0.500. The number of hydrogen-bond acceptors (Lipinski definition) is 5. The number of morpholine rings is 1. The molecular weight excluding hydrogens is 318 g/mol. The predicted molar refractivity (Wildman–Crippen MR) is 91.9 cm³/mol. The summed E-state index contributed by atoms with van der Waals surface area (Å²) in [5.41, 5.74) is 1.75. The maximum atomic E-state index is 12.7. The van der Waals surface area contributed by atoms with Gasteiger partial charge in [-0.15, -0.1) is 0 Å². The zero-order chi connectivity index (χ0) is 17.2. The smallest absolute Gasteiger partial charge is 0.274 e. The van der Waals surface area contributed by atoms with E-state index in [1.54, 1.807) is 17.1 Å². The number of hydrogen-bond donors (Lipinski definition) is 0. The summed E-state index contributed by atoms with van der Waals surface area (Å²) in [7, 11) is 1.88. The molecule has 2 aliphatic rings. The molecule has 0 aliphatic carbocycles. The molecule has 2 atom stereocenters. The van der Waals surface area contributed by atoms with E-state index >= 15 is 0 Å². The summed E-state index contributed by atoms with van der Waals surface area (Å²) in [6.07, 6.45) is 8.16. The molecule has 0 bridgehead atoms. The van der Waals surface area contributed by atoms with Crippen molar-refractivity contribution in [3.8, 4) is 0 Å². The van der Waals surface area contributed by atoms with Crippen molar-refractivity contribution in [3.63, 3.8) is 0 Å². The van der Waals surface area contributed by atoms with Gasteiger partial charge in [-0.05, 0) is 24.1 Å². The van der Waals surface area contributed by atoms with E-state index in [2.05, 4.69) is 14.9 Å². The fourth-order valence-electron chi connectivity index (χ4n) is 3.73. The van der Waals surface area contributed by atoms with Crippen LogP contribution in [0, 0.1) is 0 Å². The molecule has 7 heteroatoms. The molecule has 4 heterocycles. The minimum absolute atomic E-state index is 0.00786. The Morgan fingerprint density at radius 3 is 2.92 bits per heavy atom. The molecule has 2 aromatic rings. The largest absolute Gasteiger partial charge is 0.375 e. The Labute approximate surface area is 147 Å². The van der Waals surface area contributed by atoms with E-state index in [0.717, 1.165) is 32.7 Å². The number of nitrogens with zero attached hydrogens (tertiary/aromatic N) is 5. The minimum Gasteiger partial charge on any atom is -0.375 e. The Morgan fingerprint density at radius 1 is 1.32 bits per heavy atom. The standard InChI is InChI=1S/C18H23N5O2/c1-21-11-15(20-13-21)18(24)23-7-4-17-16(12-23)22(8-9-25-17)10-14-2-5-19-6-3-14/h2-3,5-6,11,13,16-17H,4,7-10,12H2,1H3/t16-,17-/m0/s1. The van der Waals surface area contributed by atoms with Gasteiger partial charge in [-0.25, -0.2) is 4.98 Å². The summed E-state index contributed by atoms with van der Waals surface area (Å²) < 4.78 is 7.78. The molecule has 132 valence electrons. The number of carbonyl (C=O) groups is 1. The molecule has 25 heavy (non-hydrogen) atoms. The zero-order valence-electron chi connectivity index (χ0n) is 14.4. The number of carbonyl (C=O) groups excluding carboxylic acids is 1. The number of rotatable bonds is 3. The van der Waals surface area contributed by atoms with E-state index in [9.17, 15) is 4.79 Å². The second-order valence-electron chi connectivity index (χ2n) is 6.77. The van der Waals surface area contributed by atoms with Crippen LogP contribution in [0.25, 0.3) is 0 Å². The molecule has 0 unspecified atom stereocenters. The van der Waals surface area contributed by atoms with E-state index in [1.165, 1.54) is 5.56 Å². The van der Waals surface area contributed by atoms with Crippen LogP contribution in [0.2, 0.25) is 0 Å². The van der Waals surface area contributed by atoms with E-state index in [4.69, 9.17) is 4.74 Å². The Kier molecular flexibility index (Phi) is 4.50. The van der Waals surface area contributed by atoms with Gasteiger partial charge in [0.2, 0.25) is 0 Å². The van der Waals surface area contributed by atoms with Gasteiger partial charge in [0.1, 0.15) is 5.69 Å². The van der Waals surface area contributed by atoms with Crippen molar-refractivity contribution in [1.29, 1.82) is 0 Å². The molecule has 4 rings (SSSR count). The van der Waals surface area contributed by atoms with Gasteiger partial charge in [-0.2, -0.15) is 0 Å². The number of imidazole rings is 1. The number of aromatic nitrogens is 3. The summed E-state index contributed by atoms with van der Waals surface area (Å²) in [5, 5.41) is 0. The van der Waals surface area contributed by atoms with Crippen LogP contribution in [0.3, 0.4) is 0 Å². The molecule has 2 aliphatic heterocycles. The molecule has 0 N–H and O–H groups in total. The van der Waals surface area contributed by atoms with Gasteiger partial charge in [-0.1, -0.05) is 0 Å². The lowest BCUT2D eigenvalue weighted by molar-refractivity contribution is -0.101. The Hall–Kier alpha value is -2.25. The molecule has 0 spiro atoms. The second kappa shape index (κ2) is 6.93. The Morgan fingerprint density at radius 2 is 2.16 bits per heavy atom. The minimum atomic E-state index is 0.00786. The summed E-state index contributed by atoms with van der Waals surface area (Å²) >= 11 is 0. The van der Waals surface area contributed by atoms with E-state index < -0.39 is 0 Å². The van der Waals surface area contributed by atoms with Crippen LogP contribution in [0.5, 0.6) is 0 Å². The molecular formula is C18H23N5O2. The van der Waals surface area contributed by atoms with Crippen molar-refractivity contribution < 1.29 is 9.53 Å². The fourth-order valence-corrected chi connectivity index (χ4v) is 3.73. The first-order valence-electron chi connectivity index (χ1n) is 8.72. The molecule has 2 fully saturated rings. The third kappa shape index (κ3) is 3.43. The number of fused-ring (bicyclic) bond motifs is 1. The Bertz CT molecular complexity index is 732. The van der Waals surface area contributed by atoms with Crippen LogP contribution in [0.15, 0.2) is 37.1 Å². The quantitative estimate of drug-likeness (QED) is 0.831. The van der Waals surface area contributed by atoms with Crippen LogP contribution in [0.4, 0.5) is 0 Å². The molecule has 0 radical (unpaired) electrons. The van der Waals surface area contributed by atoms with Gasteiger partial charge in [-0.3, -0.25) is 14.7 Å². The number of aryl methyl sites for hydroxylation is 1. The molecule has 7 nitrogen and oxygen atoms in total. The Balaban J connectivity index is 1.48. The van der Waals surface area contributed by atoms with Crippen LogP contribution in [-0.2, 0) is 18.3 Å². The van der Waals surface area contributed by atoms with Crippen molar-refractivity contribution in [1.82, 2.24) is 24.3 Å². The van der Waals surface area contributed by atoms with Crippen LogP contribution in [0.1, 0.15) is 22.5 Å². The predicted octanol–water partition coefficient (Wildman–Crippen LogP) is 0.931. The molecule has 2 aromatic heterocycles. The lowest BCUT2D eigenvalue weighted by atomic mass is 9.98. The van der Waals surface area contributed by atoms with E-state index in [0.29, 0.717) is 12.2 Å². The number of pyridine rings is 1. The second-order valence-corrected chi connectivity index (χ2v) is 6.77. The highest BCUT2D eigenvalue weighted by Crippen LogP contribution is 2.25. The maximum absolute atomic E-state index is 12.7. The first-order chi connectivity index (χ1) is 12.2. The molecule has 1 amide bonds. The normalized spacial score (nSPS) is 24.1. The molecule has 2 saturated heterocycles. The van der Waals surface area contributed by atoms with Crippen LogP contribution in [-0.4, -0.2) is 68.6 Å². The van der Waals surface area contributed by atoms with Crippen molar-refractivity contribution in [2.45, 2.75) is 25.1 Å². The lowest BCUT2D eigenvalue weighted by Gasteiger charge is -2.47. The van der Waals surface area contributed by atoms with Crippen LogP contribution >= 0.6 is 0 Å². The highest BCUT2D eigenvalue weighted by atomic mass is 16.5. The van der Waals surface area contributed by atoms with Gasteiger partial charge >= 0.3 is 0 Å². The number of ether oxygens (including phenoxy) is 1. The van der Waals surface area contributed by atoms with Gasteiger partial charge in [0.25, 0.3) is 5.91 Å². The number of amides is 1. The highest BCUT2D eigenvalue weighted by molar-refractivity contribution is 5.92. The van der Waals surface area contributed by atoms with Gasteiger partial charge in [0.05, 0.1) is 25.1 Å². The SMILES string of the molecule is Cn1cnc(C(=O)N2CC[C@@H]3OCCN(Cc4ccncc4)[C@H]3C2)c1. The number of piperidine rings is 1. The first-order valence-corrected chi connectivity index (χ1v) is 8.72. The van der Waals surface area contributed by atoms with Gasteiger partial charge in [0.15, 0.2) is 0 Å². The third-order valence-corrected chi connectivity index (χ3v) is 5.05. The van der Waals surface area contributed by atoms with Crippen molar-refractivity contribution in [2.24, 2.45) is 7.05 Å². The maximum Gasteiger partial charge on any atom is 0.274 e. The monoisotopic (exact) mass is 341 g/mol. The van der Waals surface area contributed by atoms with Crippen molar-refractivity contribution in [3.05, 3.63) is 48.3 Å². The highest BCUT2D eigenvalue weighted by Gasteiger charge is 2.38. The van der Waals surface area contributed by atoms with Gasteiger partial charge < -0.3 is 14.2 Å². The van der Waals surface area contributed by atoms with Crippen LogP contribution < -0.4 is 0 Å². The van der Waals surface area contributed by atoms with Crippen molar-refractivity contribution in [2.75, 3.05) is 26.2 Å². The third-order valence-electron chi connectivity index (χ3n) is 5.05. The van der Waals surface area contributed by atoms with E-state index in [1.807, 2.05) is 36.5 Å². The van der Waals surface area contributed by atoms with Crippen molar-refractivity contribution >= 4 is 5.91 Å². The summed E-state index contributed by atoms with van der Waals surface area (Å²) in [6.45, 7) is 3.90. The van der Waals surface area contributed by atoms with Gasteiger partial charge in [0, 0.05) is 51.8 Å². The topological polar surface area (TPSA) is 63.5 Å². The number of likely N-dealkylation sites (tertiary alicyclic amines) is 1. The average molecular weight is 341 g/mol. The average Bonchev–Trinajstić information content (AvgIpc) is 3.08. The molecule has 0 aromatic carbocycles. The first kappa shape index (κ1) is 16.2. The summed E-state index contributed by atoms with van der Waals surface area (Å²) in [6, 6.07) is 4.32. The van der Waals surface area contributed by atoms with E-state index in [-0.39, 0.29) is 18.1 Å². The summed E-state index contributed by atoms with van der Waals surface area (Å²) in [4.78, 5) is 25.4. The summed E-state index contributed by atoms with van der Waals surface area (Å²) in [5.74, 6) is 0.00786. The lowest BCUT2D eigenvalue weighted by Crippen LogP contribution is -2.60. The molecule has 0 saturated carbocycles. The zero-order valence-corrected chi connectivity index (χ0v) is 14.4.